The van der Waals surface area contributed by atoms with E-state index in [4.69, 9.17) is 11.5 Å². The Hall–Kier alpha value is -3.35. The maximum absolute atomic E-state index is 11.3. The van der Waals surface area contributed by atoms with Gasteiger partial charge in [-0.3, -0.25) is 9.89 Å². The summed E-state index contributed by atoms with van der Waals surface area (Å²) in [6, 6.07) is 9.44. The highest BCUT2D eigenvalue weighted by atomic mass is 16.1. The van der Waals surface area contributed by atoms with Gasteiger partial charge in [-0.05, 0) is 35.4 Å². The van der Waals surface area contributed by atoms with Gasteiger partial charge in [0.25, 0.3) is 5.91 Å². The first-order valence-corrected chi connectivity index (χ1v) is 6.65. The molecule has 4 rings (SSSR count). The Morgan fingerprint density at radius 1 is 1.14 bits per heavy atom. The van der Waals surface area contributed by atoms with Gasteiger partial charge < -0.3 is 16.5 Å². The molecule has 0 aliphatic rings. The van der Waals surface area contributed by atoms with E-state index in [1.165, 1.54) is 0 Å². The number of nitrogen functional groups attached to an aromatic ring is 1. The Morgan fingerprint density at radius 3 is 2.82 bits per heavy atom. The highest BCUT2D eigenvalue weighted by Crippen LogP contribution is 2.31. The third kappa shape index (κ3) is 1.72. The standard InChI is InChI=1S/C15H12N6O/c16-13-10-5-7(1-2-11(10)20-21-13)8-3-4-18-15-9(8)6-12(19-15)14(17)22/h1-6H,(H2,17,22)(H,18,19)(H3,16,20,21). The second-order valence-electron chi connectivity index (χ2n) is 5.04. The van der Waals surface area contributed by atoms with Gasteiger partial charge in [-0.15, -0.1) is 0 Å². The Balaban J connectivity index is 1.98. The molecule has 7 heteroatoms. The SMILES string of the molecule is NC(=O)c1cc2c(-c3ccc4[nH]nc(N)c4c3)ccnc2[nH]1. The van der Waals surface area contributed by atoms with E-state index in [1.54, 1.807) is 12.3 Å². The molecule has 3 heterocycles. The normalized spacial score (nSPS) is 11.3. The van der Waals surface area contributed by atoms with Crippen LogP contribution in [0.1, 0.15) is 10.5 Å². The van der Waals surface area contributed by atoms with Gasteiger partial charge in [0.1, 0.15) is 11.3 Å². The first-order valence-electron chi connectivity index (χ1n) is 6.65. The second kappa shape index (κ2) is 4.32. The first kappa shape index (κ1) is 12.4. The van der Waals surface area contributed by atoms with E-state index in [2.05, 4.69) is 20.2 Å². The molecule has 3 aromatic heterocycles. The fraction of sp³-hybridized carbons (Fsp3) is 0. The van der Waals surface area contributed by atoms with Crippen LogP contribution in [0.4, 0.5) is 5.82 Å². The second-order valence-corrected chi connectivity index (χ2v) is 5.04. The summed E-state index contributed by atoms with van der Waals surface area (Å²) in [5.74, 6) is -0.0625. The molecule has 4 aromatic rings. The number of aromatic amines is 2. The van der Waals surface area contributed by atoms with E-state index in [0.717, 1.165) is 27.4 Å². The zero-order valence-corrected chi connectivity index (χ0v) is 11.4. The summed E-state index contributed by atoms with van der Waals surface area (Å²) < 4.78 is 0. The molecule has 0 atom stereocenters. The molecule has 7 nitrogen and oxygen atoms in total. The highest BCUT2D eigenvalue weighted by molar-refractivity contribution is 6.02. The molecule has 0 bridgehead atoms. The lowest BCUT2D eigenvalue weighted by Crippen LogP contribution is -2.10. The number of hydrogen-bond acceptors (Lipinski definition) is 4. The summed E-state index contributed by atoms with van der Waals surface area (Å²) in [6.45, 7) is 0. The van der Waals surface area contributed by atoms with Crippen molar-refractivity contribution in [1.82, 2.24) is 20.2 Å². The van der Waals surface area contributed by atoms with E-state index in [-0.39, 0.29) is 0 Å². The zero-order valence-electron chi connectivity index (χ0n) is 11.4. The fourth-order valence-corrected chi connectivity index (χ4v) is 2.61. The van der Waals surface area contributed by atoms with Crippen LogP contribution in [0.2, 0.25) is 0 Å². The summed E-state index contributed by atoms with van der Waals surface area (Å²) in [5.41, 5.74) is 14.9. The molecule has 0 saturated carbocycles. The van der Waals surface area contributed by atoms with E-state index in [1.807, 2.05) is 24.3 Å². The number of nitrogens with two attached hydrogens (primary N) is 2. The minimum absolute atomic E-state index is 0.332. The number of pyridine rings is 1. The number of carbonyl (C=O) groups excluding carboxylic acids is 1. The Kier molecular flexibility index (Phi) is 2.43. The van der Waals surface area contributed by atoms with E-state index >= 15 is 0 Å². The molecule has 0 unspecified atom stereocenters. The number of benzene rings is 1. The van der Waals surface area contributed by atoms with E-state index in [9.17, 15) is 4.79 Å². The van der Waals surface area contributed by atoms with E-state index < -0.39 is 5.91 Å². The van der Waals surface area contributed by atoms with Crippen molar-refractivity contribution in [3.63, 3.8) is 0 Å². The summed E-state index contributed by atoms with van der Waals surface area (Å²) in [5, 5.41) is 8.55. The summed E-state index contributed by atoms with van der Waals surface area (Å²) in [6.07, 6.45) is 1.68. The number of hydrogen-bond donors (Lipinski definition) is 4. The number of H-pyrrole nitrogens is 2. The molecule has 0 spiro atoms. The van der Waals surface area contributed by atoms with Crippen LogP contribution in [0.5, 0.6) is 0 Å². The van der Waals surface area contributed by atoms with Gasteiger partial charge in [-0.2, -0.15) is 5.10 Å². The van der Waals surface area contributed by atoms with E-state index in [0.29, 0.717) is 17.2 Å². The Bertz CT molecular complexity index is 1030. The average Bonchev–Trinajstić information content (AvgIpc) is 3.11. The first-order chi connectivity index (χ1) is 10.6. The minimum Gasteiger partial charge on any atom is -0.382 e. The summed E-state index contributed by atoms with van der Waals surface area (Å²) in [4.78, 5) is 18.5. The average molecular weight is 292 g/mol. The van der Waals surface area contributed by atoms with Gasteiger partial charge in [0.2, 0.25) is 0 Å². The lowest BCUT2D eigenvalue weighted by atomic mass is 10.0. The van der Waals surface area contributed by atoms with Crippen molar-refractivity contribution in [3.8, 4) is 11.1 Å². The van der Waals surface area contributed by atoms with Crippen molar-refractivity contribution >= 4 is 33.7 Å². The molecule has 0 radical (unpaired) electrons. The number of nitrogens with one attached hydrogen (secondary N) is 2. The molecule has 6 N–H and O–H groups in total. The number of carbonyl (C=O) groups is 1. The predicted octanol–water partition coefficient (Wildman–Crippen LogP) is 1.79. The van der Waals surface area contributed by atoms with Crippen LogP contribution in [-0.4, -0.2) is 26.1 Å². The van der Waals surface area contributed by atoms with Crippen LogP contribution in [-0.2, 0) is 0 Å². The molecule has 0 saturated heterocycles. The fourth-order valence-electron chi connectivity index (χ4n) is 2.61. The summed E-state index contributed by atoms with van der Waals surface area (Å²) in [7, 11) is 0. The number of rotatable bonds is 2. The number of fused-ring (bicyclic) bond motifs is 2. The van der Waals surface area contributed by atoms with Crippen LogP contribution < -0.4 is 11.5 Å². The van der Waals surface area contributed by atoms with Gasteiger partial charge in [0.05, 0.1) is 5.52 Å². The molecule has 1 amide bonds. The zero-order chi connectivity index (χ0) is 15.3. The molecule has 0 aliphatic heterocycles. The van der Waals surface area contributed by atoms with Gasteiger partial charge in [0, 0.05) is 17.0 Å². The van der Waals surface area contributed by atoms with Gasteiger partial charge in [-0.25, -0.2) is 4.98 Å². The third-order valence-corrected chi connectivity index (χ3v) is 3.70. The van der Waals surface area contributed by atoms with Crippen molar-refractivity contribution in [1.29, 1.82) is 0 Å². The van der Waals surface area contributed by atoms with Crippen molar-refractivity contribution in [2.45, 2.75) is 0 Å². The lowest BCUT2D eigenvalue weighted by Gasteiger charge is -2.03. The highest BCUT2D eigenvalue weighted by Gasteiger charge is 2.12. The van der Waals surface area contributed by atoms with Crippen LogP contribution >= 0.6 is 0 Å². The molecular formula is C15H12N6O. The minimum atomic E-state index is -0.515. The van der Waals surface area contributed by atoms with Gasteiger partial charge >= 0.3 is 0 Å². The quantitative estimate of drug-likeness (QED) is 0.449. The Labute approximate surface area is 124 Å². The molecule has 108 valence electrons. The van der Waals surface area contributed by atoms with Crippen LogP contribution in [0.15, 0.2) is 36.5 Å². The van der Waals surface area contributed by atoms with Gasteiger partial charge in [0.15, 0.2) is 5.82 Å². The summed E-state index contributed by atoms with van der Waals surface area (Å²) >= 11 is 0. The molecule has 0 aliphatic carbocycles. The number of anilines is 1. The number of primary amides is 1. The molecule has 0 fully saturated rings. The maximum atomic E-state index is 11.3. The smallest absolute Gasteiger partial charge is 0.265 e. The van der Waals surface area contributed by atoms with Crippen molar-refractivity contribution in [2.75, 3.05) is 5.73 Å². The van der Waals surface area contributed by atoms with Crippen molar-refractivity contribution in [3.05, 3.63) is 42.2 Å². The Morgan fingerprint density at radius 2 is 2.00 bits per heavy atom. The van der Waals surface area contributed by atoms with Crippen LogP contribution in [0.25, 0.3) is 33.1 Å². The monoisotopic (exact) mass is 292 g/mol. The predicted molar refractivity (Wildman–Crippen MR) is 84.1 cm³/mol. The van der Waals surface area contributed by atoms with Crippen LogP contribution in [0.3, 0.4) is 0 Å². The van der Waals surface area contributed by atoms with Crippen molar-refractivity contribution in [2.24, 2.45) is 5.73 Å². The maximum Gasteiger partial charge on any atom is 0.265 e. The van der Waals surface area contributed by atoms with Crippen LogP contribution in [0, 0.1) is 0 Å². The molecular weight excluding hydrogens is 280 g/mol. The number of nitrogens with zero attached hydrogens (tertiary/aromatic N) is 2. The molecule has 22 heavy (non-hydrogen) atoms. The van der Waals surface area contributed by atoms with Gasteiger partial charge in [-0.1, -0.05) is 6.07 Å². The number of amides is 1. The third-order valence-electron chi connectivity index (χ3n) is 3.70. The van der Waals surface area contributed by atoms with Crippen molar-refractivity contribution < 1.29 is 4.79 Å². The topological polar surface area (TPSA) is 126 Å². The lowest BCUT2D eigenvalue weighted by molar-refractivity contribution is 0.0996. The number of aromatic nitrogens is 4. The largest absolute Gasteiger partial charge is 0.382 e. The molecule has 1 aromatic carbocycles.